The molecule has 0 unspecified atom stereocenters. The number of nitrogens with zero attached hydrogens (tertiary/aromatic N) is 8. The number of ether oxygens (including phenoxy) is 1. The number of halogens is 11. The third-order valence-corrected chi connectivity index (χ3v) is 20.3. The minimum atomic E-state index is -4.82. The van der Waals surface area contributed by atoms with E-state index in [0.29, 0.717) is 103 Å². The highest BCUT2D eigenvalue weighted by molar-refractivity contribution is 6.32. The molecule has 4 atom stereocenters. The number of benzene rings is 4. The molecule has 4 aliphatic heterocycles. The molecular formula is C86H93Cl2F9N12O13. The molecule has 4 aliphatic rings. The summed E-state index contributed by atoms with van der Waals surface area (Å²) in [6.07, 6.45) is 0.452. The van der Waals surface area contributed by atoms with Gasteiger partial charge in [-0.3, -0.25) is 19.9 Å². The highest BCUT2D eigenvalue weighted by Crippen LogP contribution is 2.37. The molecule has 0 spiro atoms. The van der Waals surface area contributed by atoms with Crippen molar-refractivity contribution in [3.05, 3.63) is 254 Å². The Morgan fingerprint density at radius 2 is 0.680 bits per heavy atom. The number of alkyl halides is 6. The third-order valence-electron chi connectivity index (χ3n) is 19.8. The Labute approximate surface area is 707 Å². The lowest BCUT2D eigenvalue weighted by Gasteiger charge is -2.27. The highest BCUT2D eigenvalue weighted by Gasteiger charge is 2.35. The lowest BCUT2D eigenvalue weighted by Crippen LogP contribution is -2.38. The number of aromatic nitrogens is 4. The molecule has 0 saturated carbocycles. The van der Waals surface area contributed by atoms with Crippen molar-refractivity contribution in [3.63, 3.8) is 0 Å². The number of amides is 8. The number of urea groups is 4. The van der Waals surface area contributed by atoms with Crippen LogP contribution in [0.4, 0.5) is 81.4 Å². The van der Waals surface area contributed by atoms with Crippen LogP contribution in [0, 0.1) is 17.5 Å². The summed E-state index contributed by atoms with van der Waals surface area (Å²) in [4.78, 5) is 72.8. The van der Waals surface area contributed by atoms with Gasteiger partial charge in [0.2, 0.25) is 0 Å². The maximum Gasteiger partial charge on any atom is 0.573 e. The van der Waals surface area contributed by atoms with E-state index < -0.39 is 97.6 Å². The molecule has 36 heteroatoms. The fourth-order valence-corrected chi connectivity index (χ4v) is 13.3. The molecule has 0 aliphatic carbocycles. The van der Waals surface area contributed by atoms with Gasteiger partial charge < -0.3 is 86.5 Å². The predicted octanol–water partition coefficient (Wildman–Crippen LogP) is 16.0. The Morgan fingerprint density at radius 1 is 0.402 bits per heavy atom. The van der Waals surface area contributed by atoms with Crippen LogP contribution in [0.3, 0.4) is 0 Å². The van der Waals surface area contributed by atoms with Crippen LogP contribution >= 0.6 is 23.2 Å². The third kappa shape index (κ3) is 26.5. The van der Waals surface area contributed by atoms with Crippen LogP contribution in [0.2, 0.25) is 10.0 Å². The number of anilines is 4. The normalized spacial score (nSPS) is 15.5. The Balaban J connectivity index is 0.000000185. The van der Waals surface area contributed by atoms with Gasteiger partial charge >= 0.3 is 36.7 Å². The standard InChI is InChI=1S/C23H28ClN3O3.C23H28FN3O3.C20H18ClF4N3O3.C20H19F4N3O4/c2*1-23(2,3)17-4-6-18(7-5-17)26-22(30)27-10-8-15(9-11-27)21-19(24)12-16(13-25-21)20(29)14-28;21-15-7-12(17(30)10-29)9-26-18(15)11-3-5-28(6-4-11)19(31)27-13-1-2-14(16(22)8-13)20(23,24)25;21-16-9-13(17(29)11-28)10-25-18(16)12-5-7-27(8-6-12)19(30)26-14-1-3-15(4-2-14)31-20(22,23)24/h2*4-8,12-13,20,28-29H,9-11,14H2,1-3H3,(H,26,30);1-3,7-9,17,29-30H,4-6,10H2,(H,27,31);1-5,9-10,17,28-29H,6-8,11H2,(H,26,30)/t2*20-;2*17-/m1111/s1. The van der Waals surface area contributed by atoms with Crippen molar-refractivity contribution >= 4 is 92.4 Å². The number of aliphatic hydroxyl groups is 8. The molecule has 652 valence electrons. The number of rotatable bonds is 17. The summed E-state index contributed by atoms with van der Waals surface area (Å²) < 4.78 is 121. The van der Waals surface area contributed by atoms with Gasteiger partial charge in [-0.05, 0) is 161 Å². The zero-order chi connectivity index (χ0) is 89.1. The van der Waals surface area contributed by atoms with Crippen LogP contribution in [0.25, 0.3) is 22.3 Å². The maximum atomic E-state index is 14.4. The molecule has 12 rings (SSSR count). The number of nitrogens with one attached hydrogen (secondary N) is 4. The largest absolute Gasteiger partial charge is 0.573 e. The van der Waals surface area contributed by atoms with Crippen molar-refractivity contribution < 1.29 is 104 Å². The van der Waals surface area contributed by atoms with Crippen molar-refractivity contribution in [1.29, 1.82) is 0 Å². The molecule has 4 aromatic heterocycles. The van der Waals surface area contributed by atoms with Gasteiger partial charge in [0, 0.05) is 122 Å². The summed E-state index contributed by atoms with van der Waals surface area (Å²) in [5.41, 5.74) is 8.56. The topological polar surface area (TPSA) is 352 Å². The zero-order valence-corrected chi connectivity index (χ0v) is 68.6. The number of hydrogen-bond donors (Lipinski definition) is 12. The first kappa shape index (κ1) is 94.8. The second-order valence-corrected chi connectivity index (χ2v) is 31.3. The average Bonchev–Trinajstić information content (AvgIpc) is 0.841. The van der Waals surface area contributed by atoms with Crippen molar-refractivity contribution in [2.45, 2.75) is 115 Å². The van der Waals surface area contributed by atoms with E-state index in [-0.39, 0.29) is 88.9 Å². The zero-order valence-electron chi connectivity index (χ0n) is 67.1. The average molecular weight is 1740 g/mol. The lowest BCUT2D eigenvalue weighted by atomic mass is 9.87. The van der Waals surface area contributed by atoms with Crippen LogP contribution < -0.4 is 26.0 Å². The molecule has 25 nitrogen and oxygen atoms in total. The minimum absolute atomic E-state index is 0.0499. The van der Waals surface area contributed by atoms with Crippen molar-refractivity contribution in [2.24, 2.45) is 0 Å². The SMILES string of the molecule is CC(C)(C)c1ccc(NC(=O)N2CC=C(c3ncc([C@H](O)CO)cc3Cl)CC2)cc1.CC(C)(C)c1ccc(NC(=O)N2CC=C(c3ncc([C@H](O)CO)cc3F)CC2)cc1.O=C(Nc1ccc(C(F)(F)F)c(F)c1)N1CC=C(c2ncc([C@H](O)CO)cc2Cl)CC1.O=C(Nc1ccc(OC(F)(F)F)cc1)N1CC=C(c2ncc([C@H](O)CO)cc2F)CC1. The molecular weight excluding hydrogens is 1650 g/mol. The molecule has 12 N–H and O–H groups in total. The van der Waals surface area contributed by atoms with Gasteiger partial charge in [-0.1, -0.05) is 113 Å². The van der Waals surface area contributed by atoms with Crippen molar-refractivity contribution in [2.75, 3.05) is 100 Å². The Kier molecular flexibility index (Phi) is 32.8. The quantitative estimate of drug-likeness (QED) is 0.0377. The number of carbonyl (C=O) groups excluding carboxylic acids is 4. The summed E-state index contributed by atoms with van der Waals surface area (Å²) in [6, 6.07) is 26.7. The first-order valence-electron chi connectivity index (χ1n) is 38.4. The van der Waals surface area contributed by atoms with E-state index in [0.717, 1.165) is 52.4 Å². The maximum absolute atomic E-state index is 14.4. The smallest absolute Gasteiger partial charge is 0.406 e. The lowest BCUT2D eigenvalue weighted by molar-refractivity contribution is -0.274. The monoisotopic (exact) mass is 1740 g/mol. The summed E-state index contributed by atoms with van der Waals surface area (Å²) >= 11 is 12.6. The molecule has 8 heterocycles. The van der Waals surface area contributed by atoms with Gasteiger partial charge in [0.15, 0.2) is 0 Å². The van der Waals surface area contributed by atoms with E-state index in [1.165, 1.54) is 70.0 Å². The van der Waals surface area contributed by atoms with E-state index in [1.807, 2.05) is 54.6 Å². The molecule has 0 bridgehead atoms. The number of hydrogen-bond acceptors (Lipinski definition) is 17. The Hall–Kier alpha value is -11.1. The number of carbonyl (C=O) groups is 4. The molecule has 8 aromatic rings. The van der Waals surface area contributed by atoms with Crippen LogP contribution in [0.5, 0.6) is 5.75 Å². The summed E-state index contributed by atoms with van der Waals surface area (Å²) in [5.74, 6) is -3.07. The summed E-state index contributed by atoms with van der Waals surface area (Å²) in [5, 5.41) is 86.0. The van der Waals surface area contributed by atoms with E-state index in [4.69, 9.17) is 43.6 Å². The highest BCUT2D eigenvalue weighted by atomic mass is 35.5. The van der Waals surface area contributed by atoms with Crippen LogP contribution in [0.1, 0.15) is 153 Å². The van der Waals surface area contributed by atoms with Gasteiger partial charge in [0.1, 0.15) is 59.0 Å². The van der Waals surface area contributed by atoms with Gasteiger partial charge in [0.25, 0.3) is 0 Å². The van der Waals surface area contributed by atoms with Gasteiger partial charge in [-0.15, -0.1) is 13.2 Å². The number of pyridine rings is 4. The Morgan fingerprint density at radius 3 is 0.934 bits per heavy atom. The van der Waals surface area contributed by atoms with Gasteiger partial charge in [-0.25, -0.2) is 32.3 Å². The molecule has 4 aromatic carbocycles. The van der Waals surface area contributed by atoms with E-state index >= 15 is 0 Å². The summed E-state index contributed by atoms with van der Waals surface area (Å²) in [7, 11) is 0. The molecule has 122 heavy (non-hydrogen) atoms. The van der Waals surface area contributed by atoms with Gasteiger partial charge in [0.05, 0.1) is 53.4 Å². The molecule has 0 fully saturated rings. The molecule has 0 saturated heterocycles. The molecule has 0 radical (unpaired) electrons. The van der Waals surface area contributed by atoms with E-state index in [2.05, 4.69) is 87.5 Å². The van der Waals surface area contributed by atoms with E-state index in [9.17, 15) is 79.1 Å². The second-order valence-electron chi connectivity index (χ2n) is 30.5. The van der Waals surface area contributed by atoms with E-state index in [1.54, 1.807) is 34.1 Å². The van der Waals surface area contributed by atoms with Crippen LogP contribution in [0.15, 0.2) is 164 Å². The fourth-order valence-electron chi connectivity index (χ4n) is 12.7. The van der Waals surface area contributed by atoms with Crippen LogP contribution in [-0.4, -0.2) is 190 Å². The summed E-state index contributed by atoms with van der Waals surface area (Å²) in [6.45, 7) is 13.7. The van der Waals surface area contributed by atoms with Gasteiger partial charge in [-0.2, -0.15) is 13.2 Å². The first-order valence-corrected chi connectivity index (χ1v) is 39.1. The predicted molar refractivity (Wildman–Crippen MR) is 443 cm³/mol. The molecule has 8 amide bonds. The Bertz CT molecular complexity index is 4960. The second kappa shape index (κ2) is 42.2. The minimum Gasteiger partial charge on any atom is -0.406 e. The van der Waals surface area contributed by atoms with Crippen molar-refractivity contribution in [3.8, 4) is 5.75 Å². The fraction of sp³-hybridized carbons (Fsp3) is 0.349. The number of aliphatic hydroxyl groups excluding tert-OH is 8. The van der Waals surface area contributed by atoms with Crippen molar-refractivity contribution in [1.82, 2.24) is 39.5 Å². The van der Waals surface area contributed by atoms with Crippen LogP contribution in [-0.2, 0) is 17.0 Å². The first-order chi connectivity index (χ1) is 57.6.